The van der Waals surface area contributed by atoms with Crippen molar-refractivity contribution in [1.82, 2.24) is 5.32 Å². The van der Waals surface area contributed by atoms with E-state index in [0.717, 1.165) is 13.1 Å². The van der Waals surface area contributed by atoms with Gasteiger partial charge in [0, 0.05) is 18.8 Å². The molecule has 14 heavy (non-hydrogen) atoms. The van der Waals surface area contributed by atoms with Crippen LogP contribution in [0.2, 0.25) is 0 Å². The second kappa shape index (κ2) is 3.67. The highest BCUT2D eigenvalue weighted by Gasteiger charge is 2.18. The van der Waals surface area contributed by atoms with Crippen molar-refractivity contribution in [3.8, 4) is 0 Å². The van der Waals surface area contributed by atoms with Crippen LogP contribution in [0, 0.1) is 0 Å². The van der Waals surface area contributed by atoms with Crippen molar-refractivity contribution in [2.45, 2.75) is 6.04 Å². The van der Waals surface area contributed by atoms with Gasteiger partial charge in [0.25, 0.3) is 0 Å². The number of aromatic carboxylic acids is 1. The number of para-hydroxylation sites is 1. The van der Waals surface area contributed by atoms with Gasteiger partial charge in [-0.15, -0.1) is 0 Å². The summed E-state index contributed by atoms with van der Waals surface area (Å²) in [5.74, 6) is -0.889. The molecular weight excluding hydrogens is 180 g/mol. The molecule has 74 valence electrons. The maximum Gasteiger partial charge on any atom is 0.337 e. The Labute approximate surface area is 81.9 Å². The molecule has 1 aromatic carbocycles. The first-order valence-electron chi connectivity index (χ1n) is 4.57. The number of carbonyl (C=O) groups is 1. The number of carboxylic acids is 1. The molecule has 1 fully saturated rings. The van der Waals surface area contributed by atoms with Gasteiger partial charge in [-0.05, 0) is 12.1 Å². The highest BCUT2D eigenvalue weighted by molar-refractivity contribution is 5.94. The van der Waals surface area contributed by atoms with Gasteiger partial charge in [0.1, 0.15) is 0 Å². The topological polar surface area (TPSA) is 61.4 Å². The Hall–Kier alpha value is -1.55. The molecule has 2 rings (SSSR count). The SMILES string of the molecule is O=C(O)c1ccccc1NC1CNC1. The van der Waals surface area contributed by atoms with Crippen molar-refractivity contribution in [3.63, 3.8) is 0 Å². The Morgan fingerprint density at radius 2 is 2.14 bits per heavy atom. The van der Waals surface area contributed by atoms with Gasteiger partial charge in [0.2, 0.25) is 0 Å². The van der Waals surface area contributed by atoms with Gasteiger partial charge in [-0.3, -0.25) is 0 Å². The van der Waals surface area contributed by atoms with E-state index in [4.69, 9.17) is 5.11 Å². The molecule has 0 spiro atoms. The van der Waals surface area contributed by atoms with Crippen molar-refractivity contribution in [3.05, 3.63) is 29.8 Å². The third-order valence-electron chi connectivity index (χ3n) is 2.30. The first-order valence-corrected chi connectivity index (χ1v) is 4.57. The quantitative estimate of drug-likeness (QED) is 0.662. The molecule has 0 aromatic heterocycles. The summed E-state index contributed by atoms with van der Waals surface area (Å²) in [4.78, 5) is 10.9. The van der Waals surface area contributed by atoms with Crippen molar-refractivity contribution in [2.75, 3.05) is 18.4 Å². The van der Waals surface area contributed by atoms with E-state index in [1.165, 1.54) is 0 Å². The molecule has 0 bridgehead atoms. The summed E-state index contributed by atoms with van der Waals surface area (Å²) < 4.78 is 0. The Morgan fingerprint density at radius 3 is 2.71 bits per heavy atom. The molecule has 0 aliphatic carbocycles. The van der Waals surface area contributed by atoms with Gasteiger partial charge in [0.15, 0.2) is 0 Å². The predicted octanol–water partition coefficient (Wildman–Crippen LogP) is 0.769. The number of rotatable bonds is 3. The molecule has 1 aliphatic rings. The van der Waals surface area contributed by atoms with Gasteiger partial charge in [0.05, 0.1) is 11.6 Å². The molecule has 1 aliphatic heterocycles. The molecule has 1 aromatic rings. The van der Waals surface area contributed by atoms with Crippen molar-refractivity contribution < 1.29 is 9.90 Å². The minimum absolute atomic E-state index is 0.333. The number of nitrogens with one attached hydrogen (secondary N) is 2. The third kappa shape index (κ3) is 1.70. The smallest absolute Gasteiger partial charge is 0.337 e. The predicted molar refractivity (Wildman–Crippen MR) is 53.7 cm³/mol. The van der Waals surface area contributed by atoms with E-state index < -0.39 is 5.97 Å². The summed E-state index contributed by atoms with van der Waals surface area (Å²) in [6.45, 7) is 1.79. The fourth-order valence-electron chi connectivity index (χ4n) is 1.41. The van der Waals surface area contributed by atoms with E-state index >= 15 is 0 Å². The molecular formula is C10H12N2O2. The second-order valence-electron chi connectivity index (χ2n) is 3.35. The monoisotopic (exact) mass is 192 g/mol. The lowest BCUT2D eigenvalue weighted by atomic mass is 10.1. The molecule has 0 amide bonds. The zero-order valence-corrected chi connectivity index (χ0v) is 7.66. The fourth-order valence-corrected chi connectivity index (χ4v) is 1.41. The van der Waals surface area contributed by atoms with Crippen molar-refractivity contribution in [1.29, 1.82) is 0 Å². The zero-order chi connectivity index (χ0) is 9.97. The number of anilines is 1. The number of benzene rings is 1. The summed E-state index contributed by atoms with van der Waals surface area (Å²) in [5.41, 5.74) is 1.03. The summed E-state index contributed by atoms with van der Waals surface area (Å²) in [6.07, 6.45) is 0. The third-order valence-corrected chi connectivity index (χ3v) is 2.30. The van der Waals surface area contributed by atoms with E-state index in [9.17, 15) is 4.79 Å². The number of hydrogen-bond acceptors (Lipinski definition) is 3. The minimum Gasteiger partial charge on any atom is -0.478 e. The fraction of sp³-hybridized carbons (Fsp3) is 0.300. The standard InChI is InChI=1S/C10H12N2O2/c13-10(14)8-3-1-2-4-9(8)12-7-5-11-6-7/h1-4,7,11-12H,5-6H2,(H,13,14). The molecule has 1 saturated heterocycles. The molecule has 4 nitrogen and oxygen atoms in total. The molecule has 0 radical (unpaired) electrons. The zero-order valence-electron chi connectivity index (χ0n) is 7.66. The average molecular weight is 192 g/mol. The van der Waals surface area contributed by atoms with Gasteiger partial charge in [-0.25, -0.2) is 4.79 Å². The molecule has 1 heterocycles. The van der Waals surface area contributed by atoms with Gasteiger partial charge in [-0.1, -0.05) is 12.1 Å². The number of carboxylic acid groups (broad SMARTS) is 1. The molecule has 0 atom stereocenters. The highest BCUT2D eigenvalue weighted by Crippen LogP contribution is 2.16. The summed E-state index contributed by atoms with van der Waals surface area (Å²) >= 11 is 0. The summed E-state index contributed by atoms with van der Waals surface area (Å²) in [5, 5.41) is 15.2. The van der Waals surface area contributed by atoms with E-state index in [1.807, 2.05) is 6.07 Å². The van der Waals surface area contributed by atoms with Crippen LogP contribution >= 0.6 is 0 Å². The lowest BCUT2D eigenvalue weighted by Crippen LogP contribution is -2.51. The van der Waals surface area contributed by atoms with Crippen LogP contribution in [0.3, 0.4) is 0 Å². The van der Waals surface area contributed by atoms with Crippen LogP contribution in [0.5, 0.6) is 0 Å². The molecule has 3 N–H and O–H groups in total. The Balaban J connectivity index is 2.17. The minimum atomic E-state index is -0.889. The van der Waals surface area contributed by atoms with Gasteiger partial charge >= 0.3 is 5.97 Å². The highest BCUT2D eigenvalue weighted by atomic mass is 16.4. The maximum absolute atomic E-state index is 10.9. The van der Waals surface area contributed by atoms with E-state index in [-0.39, 0.29) is 0 Å². The van der Waals surface area contributed by atoms with E-state index in [1.54, 1.807) is 18.2 Å². The maximum atomic E-state index is 10.9. The lowest BCUT2D eigenvalue weighted by molar-refractivity contribution is 0.0698. The van der Waals surface area contributed by atoms with Crippen LogP contribution < -0.4 is 10.6 Å². The molecule has 4 heteroatoms. The largest absolute Gasteiger partial charge is 0.478 e. The van der Waals surface area contributed by atoms with Crippen molar-refractivity contribution in [2.24, 2.45) is 0 Å². The Morgan fingerprint density at radius 1 is 1.43 bits per heavy atom. The molecule has 0 saturated carbocycles. The first kappa shape index (κ1) is 9.02. The summed E-state index contributed by atoms with van der Waals surface area (Å²) in [7, 11) is 0. The normalized spacial score (nSPS) is 16.0. The van der Waals surface area contributed by atoms with E-state index in [2.05, 4.69) is 10.6 Å². The average Bonchev–Trinajstić information content (AvgIpc) is 2.12. The first-order chi connectivity index (χ1) is 6.77. The van der Waals surface area contributed by atoms with Crippen molar-refractivity contribution >= 4 is 11.7 Å². The second-order valence-corrected chi connectivity index (χ2v) is 3.35. The van der Waals surface area contributed by atoms with Crippen LogP contribution in [-0.4, -0.2) is 30.2 Å². The molecule has 0 unspecified atom stereocenters. The van der Waals surface area contributed by atoms with Crippen LogP contribution in [0.25, 0.3) is 0 Å². The van der Waals surface area contributed by atoms with Gasteiger partial charge < -0.3 is 15.7 Å². The van der Waals surface area contributed by atoms with Crippen LogP contribution in [0.1, 0.15) is 10.4 Å². The van der Waals surface area contributed by atoms with Crippen LogP contribution in [-0.2, 0) is 0 Å². The number of hydrogen-bond donors (Lipinski definition) is 3. The van der Waals surface area contributed by atoms with E-state index in [0.29, 0.717) is 17.3 Å². The van der Waals surface area contributed by atoms with Gasteiger partial charge in [-0.2, -0.15) is 0 Å². The lowest BCUT2D eigenvalue weighted by Gasteiger charge is -2.29. The van der Waals surface area contributed by atoms with Crippen LogP contribution in [0.4, 0.5) is 5.69 Å². The Bertz CT molecular complexity index is 348. The summed E-state index contributed by atoms with van der Waals surface area (Å²) in [6, 6.07) is 7.32. The Kier molecular flexibility index (Phi) is 2.37. The van der Waals surface area contributed by atoms with Crippen LogP contribution in [0.15, 0.2) is 24.3 Å².